The molecule has 0 bridgehead atoms. The van der Waals surface area contributed by atoms with Crippen LogP contribution in [0.25, 0.3) is 0 Å². The Bertz CT molecular complexity index is 835. The van der Waals surface area contributed by atoms with E-state index in [4.69, 9.17) is 0 Å². The molecule has 0 amide bonds. The molecule has 2 aliphatic heterocycles. The Morgan fingerprint density at radius 1 is 1.21 bits per heavy atom. The fourth-order valence-electron chi connectivity index (χ4n) is 3.86. The summed E-state index contributed by atoms with van der Waals surface area (Å²) in [6.07, 6.45) is -0.775. The predicted octanol–water partition coefficient (Wildman–Crippen LogP) is 3.27. The summed E-state index contributed by atoms with van der Waals surface area (Å²) in [6, 6.07) is 5.37. The highest BCUT2D eigenvalue weighted by molar-refractivity contribution is 5.54. The lowest BCUT2D eigenvalue weighted by Gasteiger charge is -2.25. The molecule has 3 N–H and O–H groups in total. The van der Waals surface area contributed by atoms with Crippen molar-refractivity contribution in [3.63, 3.8) is 0 Å². The molecular formula is C19H23F3N6. The van der Waals surface area contributed by atoms with Crippen molar-refractivity contribution in [2.45, 2.75) is 25.1 Å². The number of anilines is 2. The van der Waals surface area contributed by atoms with Crippen LogP contribution in [-0.4, -0.2) is 41.7 Å². The molecule has 1 fully saturated rings. The van der Waals surface area contributed by atoms with Gasteiger partial charge in [0.05, 0.1) is 11.3 Å². The normalized spacial score (nSPS) is 20.6. The van der Waals surface area contributed by atoms with Crippen LogP contribution in [0.4, 0.5) is 24.8 Å². The lowest BCUT2D eigenvalue weighted by molar-refractivity contribution is -0.138. The third-order valence-corrected chi connectivity index (χ3v) is 5.32. The summed E-state index contributed by atoms with van der Waals surface area (Å²) in [5, 5.41) is 8.16. The molecule has 1 saturated heterocycles. The highest BCUT2D eigenvalue weighted by Crippen LogP contribution is 2.42. The van der Waals surface area contributed by atoms with Gasteiger partial charge in [-0.2, -0.15) is 13.2 Å². The van der Waals surface area contributed by atoms with Gasteiger partial charge in [0.2, 0.25) is 0 Å². The van der Waals surface area contributed by atoms with Gasteiger partial charge in [0.15, 0.2) is 0 Å². The number of aromatic nitrogens is 2. The number of hydrazine groups is 1. The highest BCUT2D eigenvalue weighted by atomic mass is 19.4. The Morgan fingerprint density at radius 3 is 2.75 bits per heavy atom. The first-order valence-electron chi connectivity index (χ1n) is 9.40. The molecule has 4 heterocycles. The first-order chi connectivity index (χ1) is 13.4. The maximum absolute atomic E-state index is 13.7. The van der Waals surface area contributed by atoms with Crippen LogP contribution in [0, 0.1) is 5.92 Å². The van der Waals surface area contributed by atoms with Crippen LogP contribution in [0.3, 0.4) is 0 Å². The molecule has 28 heavy (non-hydrogen) atoms. The molecule has 150 valence electrons. The van der Waals surface area contributed by atoms with E-state index < -0.39 is 17.8 Å². The summed E-state index contributed by atoms with van der Waals surface area (Å²) in [5.41, 5.74) is 2.94. The van der Waals surface area contributed by atoms with Gasteiger partial charge in [-0.3, -0.25) is 0 Å². The van der Waals surface area contributed by atoms with E-state index in [2.05, 4.69) is 26.0 Å². The molecule has 0 saturated carbocycles. The van der Waals surface area contributed by atoms with Crippen molar-refractivity contribution >= 4 is 11.6 Å². The van der Waals surface area contributed by atoms with Gasteiger partial charge in [-0.1, -0.05) is 6.07 Å². The first-order valence-corrected chi connectivity index (χ1v) is 9.40. The third-order valence-electron chi connectivity index (χ3n) is 5.32. The molecule has 1 atom stereocenters. The predicted molar refractivity (Wildman–Crippen MR) is 101 cm³/mol. The van der Waals surface area contributed by atoms with Gasteiger partial charge >= 0.3 is 6.18 Å². The molecule has 0 spiro atoms. The van der Waals surface area contributed by atoms with Crippen LogP contribution in [-0.2, 0) is 6.18 Å². The molecule has 4 rings (SSSR count). The van der Waals surface area contributed by atoms with Crippen molar-refractivity contribution in [3.8, 4) is 0 Å². The zero-order chi connectivity index (χ0) is 19.7. The highest BCUT2D eigenvalue weighted by Gasteiger charge is 2.40. The molecule has 2 aromatic rings. The fourth-order valence-corrected chi connectivity index (χ4v) is 3.86. The van der Waals surface area contributed by atoms with E-state index in [1.54, 1.807) is 30.4 Å². The van der Waals surface area contributed by atoms with Crippen LogP contribution in [0.2, 0.25) is 0 Å². The minimum atomic E-state index is -4.48. The third kappa shape index (κ3) is 3.77. The molecule has 0 radical (unpaired) electrons. The van der Waals surface area contributed by atoms with Crippen molar-refractivity contribution in [1.29, 1.82) is 0 Å². The molecular weight excluding hydrogens is 369 g/mol. The molecule has 0 aliphatic carbocycles. The lowest BCUT2D eigenvalue weighted by Crippen LogP contribution is -2.31. The Balaban J connectivity index is 1.66. The smallest absolute Gasteiger partial charge is 0.370 e. The SMILES string of the molecule is CN1Nc2ncccc2C1c1nc(NCC2CCNCC2)ccc1C(F)(F)F. The molecule has 6 nitrogen and oxygen atoms in total. The Hall–Kier alpha value is -2.39. The van der Waals surface area contributed by atoms with E-state index in [0.717, 1.165) is 32.0 Å². The molecule has 0 aromatic carbocycles. The Kier molecular flexibility index (Phi) is 5.11. The second-order valence-electron chi connectivity index (χ2n) is 7.27. The summed E-state index contributed by atoms with van der Waals surface area (Å²) in [4.78, 5) is 8.61. The molecule has 9 heteroatoms. The van der Waals surface area contributed by atoms with Gasteiger partial charge in [0.25, 0.3) is 0 Å². The number of hydrogen-bond acceptors (Lipinski definition) is 6. The van der Waals surface area contributed by atoms with Gasteiger partial charge in [0, 0.05) is 25.4 Å². The number of hydrogen-bond donors (Lipinski definition) is 3. The van der Waals surface area contributed by atoms with Crippen LogP contribution >= 0.6 is 0 Å². The maximum Gasteiger partial charge on any atom is 0.418 e. The number of pyridine rings is 2. The average molecular weight is 392 g/mol. The van der Waals surface area contributed by atoms with E-state index in [9.17, 15) is 13.2 Å². The Labute approximate surface area is 161 Å². The standard InChI is InChI=1S/C19H23F3N6/c1-28-17(13-3-2-8-24-18(13)27-28)16-14(19(20,21)22)4-5-15(26-16)25-11-12-6-9-23-10-7-12/h2-5,8,12,17,23H,6-7,9-11H2,1H3,(H,24,27)(H,25,26). The van der Waals surface area contributed by atoms with Gasteiger partial charge in [-0.25, -0.2) is 15.0 Å². The van der Waals surface area contributed by atoms with Crippen LogP contribution < -0.4 is 16.1 Å². The van der Waals surface area contributed by atoms with E-state index in [-0.39, 0.29) is 5.69 Å². The zero-order valence-corrected chi connectivity index (χ0v) is 15.6. The van der Waals surface area contributed by atoms with Crippen molar-refractivity contribution in [2.24, 2.45) is 5.92 Å². The first kappa shape index (κ1) is 18.9. The van der Waals surface area contributed by atoms with Crippen LogP contribution in [0.1, 0.15) is 35.7 Å². The van der Waals surface area contributed by atoms with E-state index in [1.807, 2.05) is 0 Å². The van der Waals surface area contributed by atoms with E-state index in [0.29, 0.717) is 29.7 Å². The minimum Gasteiger partial charge on any atom is -0.370 e. The molecule has 2 aliphatic rings. The van der Waals surface area contributed by atoms with Gasteiger partial charge in [0.1, 0.15) is 17.7 Å². The number of nitrogens with one attached hydrogen (secondary N) is 3. The zero-order valence-electron chi connectivity index (χ0n) is 15.6. The summed E-state index contributed by atoms with van der Waals surface area (Å²) in [5.74, 6) is 1.51. The summed E-state index contributed by atoms with van der Waals surface area (Å²) in [6.45, 7) is 2.65. The fraction of sp³-hybridized carbons (Fsp3) is 0.474. The quantitative estimate of drug-likeness (QED) is 0.742. The maximum atomic E-state index is 13.7. The Morgan fingerprint density at radius 2 is 2.00 bits per heavy atom. The summed E-state index contributed by atoms with van der Waals surface area (Å²) < 4.78 is 41.1. The van der Waals surface area contributed by atoms with Crippen molar-refractivity contribution < 1.29 is 13.2 Å². The van der Waals surface area contributed by atoms with Crippen molar-refractivity contribution in [2.75, 3.05) is 37.4 Å². The van der Waals surface area contributed by atoms with Crippen molar-refractivity contribution in [1.82, 2.24) is 20.3 Å². The molecule has 1 unspecified atom stereocenters. The average Bonchev–Trinajstić information content (AvgIpc) is 3.02. The van der Waals surface area contributed by atoms with Gasteiger partial charge in [-0.15, -0.1) is 0 Å². The van der Waals surface area contributed by atoms with Gasteiger partial charge < -0.3 is 16.1 Å². The summed E-state index contributed by atoms with van der Waals surface area (Å²) >= 11 is 0. The van der Waals surface area contributed by atoms with Gasteiger partial charge in [-0.05, 0) is 50.0 Å². The number of alkyl halides is 3. The second kappa shape index (κ2) is 7.56. The number of rotatable bonds is 4. The molecule has 2 aromatic heterocycles. The number of fused-ring (bicyclic) bond motifs is 1. The second-order valence-corrected chi connectivity index (χ2v) is 7.27. The minimum absolute atomic E-state index is 0.0236. The van der Waals surface area contributed by atoms with Crippen LogP contribution in [0.5, 0.6) is 0 Å². The lowest BCUT2D eigenvalue weighted by atomic mass is 9.98. The van der Waals surface area contributed by atoms with Crippen molar-refractivity contribution in [3.05, 3.63) is 47.3 Å². The topological polar surface area (TPSA) is 65.1 Å². The summed E-state index contributed by atoms with van der Waals surface area (Å²) in [7, 11) is 1.70. The monoisotopic (exact) mass is 392 g/mol. The van der Waals surface area contributed by atoms with Crippen LogP contribution in [0.15, 0.2) is 30.5 Å². The number of piperidine rings is 1. The van der Waals surface area contributed by atoms with E-state index >= 15 is 0 Å². The largest absolute Gasteiger partial charge is 0.418 e. The number of halogens is 3. The van der Waals surface area contributed by atoms with E-state index in [1.165, 1.54) is 6.07 Å². The number of nitrogens with zero attached hydrogens (tertiary/aromatic N) is 3.